The van der Waals surface area contributed by atoms with Gasteiger partial charge in [-0.2, -0.15) is 0 Å². The van der Waals surface area contributed by atoms with E-state index in [2.05, 4.69) is 84.9 Å². The van der Waals surface area contributed by atoms with Crippen LogP contribution in [0.2, 0.25) is 0 Å². The Balaban J connectivity index is 1.47. The first-order chi connectivity index (χ1) is 15.8. The second-order valence-electron chi connectivity index (χ2n) is 9.61. The average molecular weight is 410 g/mol. The van der Waals surface area contributed by atoms with Crippen molar-refractivity contribution in [2.75, 3.05) is 0 Å². The molecule has 0 fully saturated rings. The van der Waals surface area contributed by atoms with E-state index < -0.39 is 0 Å². The molecule has 0 N–H and O–H groups in total. The highest BCUT2D eigenvalue weighted by Crippen LogP contribution is 2.77. The van der Waals surface area contributed by atoms with E-state index in [1.807, 2.05) is 0 Å². The number of ether oxygens (including phenoxy) is 2. The van der Waals surface area contributed by atoms with Crippen LogP contribution in [0.25, 0.3) is 11.1 Å². The van der Waals surface area contributed by atoms with Gasteiger partial charge < -0.3 is 9.47 Å². The summed E-state index contributed by atoms with van der Waals surface area (Å²) < 4.78 is 12.8. The van der Waals surface area contributed by atoms with Crippen LogP contribution in [0, 0.1) is 0 Å². The summed E-state index contributed by atoms with van der Waals surface area (Å²) in [5.41, 5.74) is 11.1. The molecule has 5 aliphatic rings. The minimum absolute atomic E-state index is 0.0672. The molecule has 2 heteroatoms. The van der Waals surface area contributed by atoms with Crippen LogP contribution in [0.15, 0.2) is 84.9 Å². The lowest BCUT2D eigenvalue weighted by Crippen LogP contribution is -2.53. The van der Waals surface area contributed by atoms with Gasteiger partial charge >= 0.3 is 0 Å². The minimum atomic E-state index is -0.0672. The van der Waals surface area contributed by atoms with Crippen molar-refractivity contribution in [3.8, 4) is 23.0 Å². The van der Waals surface area contributed by atoms with Crippen LogP contribution in [0.5, 0.6) is 23.0 Å². The van der Waals surface area contributed by atoms with E-state index >= 15 is 0 Å². The molecule has 9 rings (SSSR count). The van der Waals surface area contributed by atoms with Crippen molar-refractivity contribution in [2.24, 2.45) is 0 Å². The topological polar surface area (TPSA) is 18.5 Å². The van der Waals surface area contributed by atoms with Gasteiger partial charge in [0.05, 0.1) is 10.8 Å². The number of hydrogen-bond donors (Lipinski definition) is 0. The Morgan fingerprint density at radius 2 is 0.906 bits per heavy atom. The maximum Gasteiger partial charge on any atom is 0.132 e. The molecule has 0 aromatic heterocycles. The highest BCUT2D eigenvalue weighted by Gasteiger charge is 2.66. The number of para-hydroxylation sites is 2. The van der Waals surface area contributed by atoms with Gasteiger partial charge in [-0.15, -0.1) is 0 Å². The summed E-state index contributed by atoms with van der Waals surface area (Å²) in [6.07, 6.45) is 2.16. The van der Waals surface area contributed by atoms with Crippen LogP contribution in [-0.4, -0.2) is 0 Å². The van der Waals surface area contributed by atoms with E-state index in [1.165, 1.54) is 44.5 Å². The van der Waals surface area contributed by atoms with Gasteiger partial charge in [-0.05, 0) is 59.4 Å². The van der Waals surface area contributed by atoms with Crippen molar-refractivity contribution < 1.29 is 9.47 Å². The molecule has 2 nitrogen and oxygen atoms in total. The summed E-state index contributed by atoms with van der Waals surface area (Å²) in [4.78, 5) is 0. The smallest absolute Gasteiger partial charge is 0.132 e. The van der Waals surface area contributed by atoms with Crippen molar-refractivity contribution in [1.82, 2.24) is 0 Å². The number of allylic oxidation sites excluding steroid dienone is 2. The molecule has 3 aliphatic carbocycles. The lowest BCUT2D eigenvalue weighted by molar-refractivity contribution is 0.345. The van der Waals surface area contributed by atoms with Gasteiger partial charge in [0.2, 0.25) is 0 Å². The molecule has 4 aromatic rings. The molecule has 0 saturated carbocycles. The third-order valence-electron chi connectivity index (χ3n) is 8.56. The first-order valence-electron chi connectivity index (χ1n) is 11.4. The largest absolute Gasteiger partial charge is 0.457 e. The van der Waals surface area contributed by atoms with Gasteiger partial charge in [-0.3, -0.25) is 0 Å². The van der Waals surface area contributed by atoms with Crippen LogP contribution in [0.3, 0.4) is 0 Å². The Hall–Kier alpha value is -3.78. The summed E-state index contributed by atoms with van der Waals surface area (Å²) in [7, 11) is 0. The van der Waals surface area contributed by atoms with E-state index in [4.69, 9.17) is 9.47 Å². The molecule has 2 heterocycles. The normalized spacial score (nSPS) is 25.9. The lowest BCUT2D eigenvalue weighted by Gasteiger charge is -2.62. The standard InChI is InChI=1S/C30H18O2/c1-3-11-21-19(9-1)29-15-16-30-20-10-2-4-12-22(20)32-24-14-6-8-18(26(24)30)28(30)27(29)17-7-5-13-23(31-21)25(17)29/h1-14H,15-16H2. The maximum atomic E-state index is 6.38. The van der Waals surface area contributed by atoms with Gasteiger partial charge in [0.25, 0.3) is 0 Å². The molecule has 2 unspecified atom stereocenters. The Morgan fingerprint density at radius 1 is 0.469 bits per heavy atom. The lowest BCUT2D eigenvalue weighted by atomic mass is 9.40. The van der Waals surface area contributed by atoms with Crippen molar-refractivity contribution in [3.63, 3.8) is 0 Å². The maximum absolute atomic E-state index is 6.38. The fraction of sp³-hybridized carbons (Fsp3) is 0.133. The van der Waals surface area contributed by atoms with E-state index in [0.717, 1.165) is 35.8 Å². The zero-order chi connectivity index (χ0) is 20.7. The zero-order valence-corrected chi connectivity index (χ0v) is 17.3. The van der Waals surface area contributed by atoms with Crippen molar-refractivity contribution in [2.45, 2.75) is 23.7 Å². The molecule has 0 bridgehead atoms. The summed E-state index contributed by atoms with van der Waals surface area (Å²) in [6, 6.07) is 30.5. The third-order valence-corrected chi connectivity index (χ3v) is 8.56. The molecule has 150 valence electrons. The average Bonchev–Trinajstić information content (AvgIpc) is 2.82. The summed E-state index contributed by atoms with van der Waals surface area (Å²) in [5, 5.41) is 0. The minimum Gasteiger partial charge on any atom is -0.457 e. The molecule has 0 radical (unpaired) electrons. The van der Waals surface area contributed by atoms with E-state index in [-0.39, 0.29) is 10.8 Å². The van der Waals surface area contributed by atoms with Crippen molar-refractivity contribution >= 4 is 11.1 Å². The molecule has 2 spiro atoms. The van der Waals surface area contributed by atoms with Crippen molar-refractivity contribution in [3.05, 3.63) is 118 Å². The highest BCUT2D eigenvalue weighted by atomic mass is 16.5. The molecule has 32 heavy (non-hydrogen) atoms. The molecule has 2 aliphatic heterocycles. The first kappa shape index (κ1) is 15.9. The van der Waals surface area contributed by atoms with E-state index in [1.54, 1.807) is 0 Å². The monoisotopic (exact) mass is 410 g/mol. The Labute approximate surface area is 185 Å². The Morgan fingerprint density at radius 3 is 1.41 bits per heavy atom. The molecule has 2 atom stereocenters. The highest BCUT2D eigenvalue weighted by molar-refractivity contribution is 6.15. The SMILES string of the molecule is c1ccc2c(c1)Oc1cccc3c1C21CCC24C(=C31)c1cccc(c12)Oc1ccccc14. The van der Waals surface area contributed by atoms with Crippen LogP contribution in [0.4, 0.5) is 0 Å². The van der Waals surface area contributed by atoms with Gasteiger partial charge in [0.1, 0.15) is 23.0 Å². The van der Waals surface area contributed by atoms with Gasteiger partial charge in [-0.25, -0.2) is 0 Å². The second kappa shape index (κ2) is 4.83. The number of benzene rings is 4. The second-order valence-corrected chi connectivity index (χ2v) is 9.61. The van der Waals surface area contributed by atoms with Crippen LogP contribution in [0.1, 0.15) is 46.2 Å². The van der Waals surface area contributed by atoms with Gasteiger partial charge in [0.15, 0.2) is 0 Å². The first-order valence-corrected chi connectivity index (χ1v) is 11.4. The Bertz CT molecular complexity index is 1470. The Kier molecular flexibility index (Phi) is 2.41. The molecule has 0 amide bonds. The predicted octanol–water partition coefficient (Wildman–Crippen LogP) is 7.20. The summed E-state index contributed by atoms with van der Waals surface area (Å²) in [6.45, 7) is 0. The zero-order valence-electron chi connectivity index (χ0n) is 17.3. The third kappa shape index (κ3) is 1.40. The predicted molar refractivity (Wildman–Crippen MR) is 124 cm³/mol. The quantitative estimate of drug-likeness (QED) is 0.305. The van der Waals surface area contributed by atoms with Gasteiger partial charge in [-0.1, -0.05) is 60.7 Å². The van der Waals surface area contributed by atoms with Crippen molar-refractivity contribution in [1.29, 1.82) is 0 Å². The van der Waals surface area contributed by atoms with Crippen LogP contribution >= 0.6 is 0 Å². The molecule has 0 saturated heterocycles. The molecular weight excluding hydrogens is 392 g/mol. The number of rotatable bonds is 0. The van der Waals surface area contributed by atoms with Crippen LogP contribution in [-0.2, 0) is 10.8 Å². The summed E-state index contributed by atoms with van der Waals surface area (Å²) >= 11 is 0. The fourth-order valence-electron chi connectivity index (χ4n) is 7.55. The van der Waals surface area contributed by atoms with E-state index in [9.17, 15) is 0 Å². The van der Waals surface area contributed by atoms with Crippen LogP contribution < -0.4 is 9.47 Å². The number of fused-ring (bicyclic) bond motifs is 4. The number of hydrogen-bond acceptors (Lipinski definition) is 2. The van der Waals surface area contributed by atoms with E-state index in [0.29, 0.717) is 0 Å². The summed E-state index contributed by atoms with van der Waals surface area (Å²) in [5.74, 6) is 4.07. The fourth-order valence-corrected chi connectivity index (χ4v) is 7.55. The van der Waals surface area contributed by atoms with Gasteiger partial charge in [0, 0.05) is 22.3 Å². The molecule has 4 aromatic carbocycles. The molecular formula is C30H18O2.